The topological polar surface area (TPSA) is 36.8 Å². The number of rotatable bonds is 7. The summed E-state index contributed by atoms with van der Waals surface area (Å²) in [6.07, 6.45) is 5.53. The number of piperidine rings is 1. The van der Waals surface area contributed by atoms with Crippen LogP contribution in [0.5, 0.6) is 0 Å². The van der Waals surface area contributed by atoms with Gasteiger partial charge in [0.05, 0.1) is 5.60 Å². The zero-order valence-corrected chi connectivity index (χ0v) is 19.3. The van der Waals surface area contributed by atoms with Gasteiger partial charge in [-0.15, -0.1) is 0 Å². The molecule has 4 heteroatoms. The molecule has 2 aromatic rings. The van der Waals surface area contributed by atoms with Crippen LogP contribution in [0.1, 0.15) is 76.1 Å². The molecular weight excluding hydrogens is 401 g/mol. The van der Waals surface area contributed by atoms with Crippen LogP contribution in [0, 0.1) is 11.8 Å². The summed E-state index contributed by atoms with van der Waals surface area (Å²) in [5.74, 6) is 0.285. The number of nitrogens with two attached hydrogens (primary N) is 1. The second-order valence-corrected chi connectivity index (χ2v) is 9.60. The van der Waals surface area contributed by atoms with Crippen molar-refractivity contribution in [2.75, 3.05) is 0 Å². The van der Waals surface area contributed by atoms with Gasteiger partial charge in [-0.2, -0.15) is 0 Å². The van der Waals surface area contributed by atoms with E-state index >= 15 is 0 Å². The van der Waals surface area contributed by atoms with Crippen LogP contribution in [0.25, 0.3) is 0 Å². The zero-order valence-electron chi connectivity index (χ0n) is 17.7. The summed E-state index contributed by atoms with van der Waals surface area (Å²) in [5, 5.41) is 15.9. The first-order valence-electron chi connectivity index (χ1n) is 10.9. The lowest BCUT2D eigenvalue weighted by Gasteiger charge is -2.49. The Morgan fingerprint density at radius 1 is 0.793 bits per heavy atom. The number of hydrogen-bond donors (Lipinski definition) is 2. The van der Waals surface area contributed by atoms with Crippen LogP contribution in [-0.4, -0.2) is 10.7 Å². The predicted octanol–water partition coefficient (Wildman–Crippen LogP) is 6.33. The molecule has 158 valence electrons. The van der Waals surface area contributed by atoms with E-state index in [0.29, 0.717) is 0 Å². The third-order valence-corrected chi connectivity index (χ3v) is 7.51. The number of hydrogen-bond acceptors (Lipinski definition) is 1. The highest BCUT2D eigenvalue weighted by Gasteiger charge is 2.53. The Hall–Kier alpha value is -1.06. The van der Waals surface area contributed by atoms with Gasteiger partial charge in [0.25, 0.3) is 0 Å². The molecular formula is C25H34Cl2NO+. The fourth-order valence-electron chi connectivity index (χ4n) is 5.05. The van der Waals surface area contributed by atoms with Crippen LogP contribution in [0.3, 0.4) is 0 Å². The zero-order chi connectivity index (χ0) is 21.0. The van der Waals surface area contributed by atoms with E-state index in [-0.39, 0.29) is 23.9 Å². The van der Waals surface area contributed by atoms with Gasteiger partial charge in [0.1, 0.15) is 12.1 Å². The molecule has 4 atom stereocenters. The number of unbranched alkanes of at least 4 members (excludes halogenated alkanes) is 3. The molecule has 3 N–H and O–H groups in total. The average Bonchev–Trinajstić information content (AvgIpc) is 2.72. The fraction of sp³-hybridized carbons (Fsp3) is 0.520. The van der Waals surface area contributed by atoms with Gasteiger partial charge in [0.15, 0.2) is 0 Å². The van der Waals surface area contributed by atoms with Crippen LogP contribution in [0.15, 0.2) is 48.5 Å². The molecule has 1 saturated heterocycles. The highest BCUT2D eigenvalue weighted by Crippen LogP contribution is 2.45. The van der Waals surface area contributed by atoms with Crippen LogP contribution < -0.4 is 5.32 Å². The molecule has 2 aromatic carbocycles. The van der Waals surface area contributed by atoms with Crippen molar-refractivity contribution in [3.8, 4) is 0 Å². The van der Waals surface area contributed by atoms with Gasteiger partial charge in [-0.1, -0.05) is 93.9 Å². The monoisotopic (exact) mass is 434 g/mol. The largest absolute Gasteiger partial charge is 0.389 e. The van der Waals surface area contributed by atoms with E-state index in [1.165, 1.54) is 30.4 Å². The Morgan fingerprint density at radius 2 is 1.24 bits per heavy atom. The molecule has 0 bridgehead atoms. The third-order valence-electron chi connectivity index (χ3n) is 7.01. The molecule has 0 saturated carbocycles. The maximum atomic E-state index is 12.0. The van der Waals surface area contributed by atoms with Crippen molar-refractivity contribution in [1.29, 1.82) is 0 Å². The van der Waals surface area contributed by atoms with Crippen molar-refractivity contribution in [3.63, 3.8) is 0 Å². The van der Waals surface area contributed by atoms with Crippen molar-refractivity contribution in [1.82, 2.24) is 0 Å². The lowest BCUT2D eigenvalue weighted by Crippen LogP contribution is -2.93. The summed E-state index contributed by atoms with van der Waals surface area (Å²) in [5.41, 5.74) is 1.73. The molecule has 1 fully saturated rings. The molecule has 0 spiro atoms. The van der Waals surface area contributed by atoms with Gasteiger partial charge in [-0.3, -0.25) is 0 Å². The minimum atomic E-state index is -0.711. The maximum Gasteiger partial charge on any atom is 0.117 e. The van der Waals surface area contributed by atoms with Crippen LogP contribution in [0.4, 0.5) is 0 Å². The summed E-state index contributed by atoms with van der Waals surface area (Å²) in [7, 11) is 0. The summed E-state index contributed by atoms with van der Waals surface area (Å²) < 4.78 is 0. The molecule has 1 aliphatic heterocycles. The SMILES string of the molecule is CCCCCCC1(O)C(C)C(c2ccc(Cl)cc2)[NH2+]C(c2ccc(Cl)cc2)C1C. The van der Waals surface area contributed by atoms with Gasteiger partial charge >= 0.3 is 0 Å². The van der Waals surface area contributed by atoms with Gasteiger partial charge in [-0.05, 0) is 30.7 Å². The van der Waals surface area contributed by atoms with E-state index in [0.717, 1.165) is 22.9 Å². The first-order valence-corrected chi connectivity index (χ1v) is 11.7. The molecule has 0 aromatic heterocycles. The van der Waals surface area contributed by atoms with Crippen molar-refractivity contribution >= 4 is 23.2 Å². The van der Waals surface area contributed by atoms with Gasteiger partial charge in [0, 0.05) is 33.0 Å². The quantitative estimate of drug-likeness (QED) is 0.490. The van der Waals surface area contributed by atoms with E-state index in [9.17, 15) is 5.11 Å². The van der Waals surface area contributed by atoms with E-state index in [4.69, 9.17) is 23.2 Å². The van der Waals surface area contributed by atoms with Crippen molar-refractivity contribution in [2.45, 2.75) is 70.6 Å². The minimum Gasteiger partial charge on any atom is -0.389 e. The lowest BCUT2D eigenvalue weighted by molar-refractivity contribution is -0.764. The molecule has 2 nitrogen and oxygen atoms in total. The Morgan fingerprint density at radius 3 is 1.66 bits per heavy atom. The second-order valence-electron chi connectivity index (χ2n) is 8.73. The summed E-state index contributed by atoms with van der Waals surface area (Å²) in [6, 6.07) is 16.6. The first kappa shape index (κ1) is 22.6. The van der Waals surface area contributed by atoms with Gasteiger partial charge in [-0.25, -0.2) is 0 Å². The minimum absolute atomic E-state index is 0.142. The molecule has 1 heterocycles. The molecule has 0 radical (unpaired) electrons. The highest BCUT2D eigenvalue weighted by molar-refractivity contribution is 6.30. The Labute approximate surface area is 185 Å². The highest BCUT2D eigenvalue weighted by atomic mass is 35.5. The Balaban J connectivity index is 1.94. The van der Waals surface area contributed by atoms with Crippen molar-refractivity contribution in [2.24, 2.45) is 11.8 Å². The van der Waals surface area contributed by atoms with Gasteiger partial charge < -0.3 is 10.4 Å². The van der Waals surface area contributed by atoms with E-state index in [1.807, 2.05) is 24.3 Å². The second kappa shape index (κ2) is 9.83. The van der Waals surface area contributed by atoms with Crippen molar-refractivity contribution < 1.29 is 10.4 Å². The lowest BCUT2D eigenvalue weighted by atomic mass is 9.64. The maximum absolute atomic E-state index is 12.0. The molecule has 3 rings (SSSR count). The number of benzene rings is 2. The summed E-state index contributed by atoms with van der Waals surface area (Å²) in [6.45, 7) is 6.65. The molecule has 0 amide bonds. The first-order chi connectivity index (χ1) is 13.9. The van der Waals surface area contributed by atoms with Gasteiger partial charge in [0.2, 0.25) is 0 Å². The molecule has 1 aliphatic rings. The fourth-order valence-corrected chi connectivity index (χ4v) is 5.31. The molecule has 4 unspecified atom stereocenters. The molecule has 29 heavy (non-hydrogen) atoms. The predicted molar refractivity (Wildman–Crippen MR) is 122 cm³/mol. The average molecular weight is 435 g/mol. The smallest absolute Gasteiger partial charge is 0.117 e. The number of aliphatic hydroxyl groups is 1. The molecule has 0 aliphatic carbocycles. The van der Waals surface area contributed by atoms with E-state index in [1.54, 1.807) is 0 Å². The van der Waals surface area contributed by atoms with Crippen LogP contribution >= 0.6 is 23.2 Å². The number of quaternary nitrogens is 1. The third kappa shape index (κ3) is 4.99. The van der Waals surface area contributed by atoms with E-state index < -0.39 is 5.60 Å². The van der Waals surface area contributed by atoms with Crippen LogP contribution in [-0.2, 0) is 0 Å². The summed E-state index contributed by atoms with van der Waals surface area (Å²) in [4.78, 5) is 0. The van der Waals surface area contributed by atoms with Crippen LogP contribution in [0.2, 0.25) is 10.0 Å². The standard InChI is InChI=1S/C25H33Cl2NO/c1-4-5-6-7-16-25(29)17(2)23(19-8-12-21(26)13-9-19)28-24(18(25)3)20-10-14-22(27)15-11-20/h8-15,17-18,23-24,28-29H,4-7,16H2,1-3H3/p+1. The van der Waals surface area contributed by atoms with E-state index in [2.05, 4.69) is 50.4 Å². The van der Waals surface area contributed by atoms with Crippen molar-refractivity contribution in [3.05, 3.63) is 69.7 Å². The Kier molecular flexibility index (Phi) is 7.67. The number of halogens is 2. The summed E-state index contributed by atoms with van der Waals surface area (Å²) >= 11 is 12.3. The normalized spacial score (nSPS) is 29.7. The Bertz CT molecular complexity index is 717.